The maximum Gasteiger partial charge on any atom is 0.251 e. The van der Waals surface area contributed by atoms with E-state index < -0.39 is 10.8 Å². The van der Waals surface area contributed by atoms with Crippen molar-refractivity contribution in [2.24, 2.45) is 0 Å². The Morgan fingerprint density at radius 2 is 2.05 bits per heavy atom. The van der Waals surface area contributed by atoms with Gasteiger partial charge in [0.15, 0.2) is 0 Å². The van der Waals surface area contributed by atoms with Crippen LogP contribution in [0.3, 0.4) is 0 Å². The molecule has 0 spiro atoms. The average molecular weight is 311 g/mol. The van der Waals surface area contributed by atoms with Gasteiger partial charge in [0.25, 0.3) is 5.91 Å². The van der Waals surface area contributed by atoms with Gasteiger partial charge in [0, 0.05) is 46.7 Å². The largest absolute Gasteiger partial charge is 0.370 e. The summed E-state index contributed by atoms with van der Waals surface area (Å²) in [4.78, 5) is 16.7. The molecule has 0 bridgehead atoms. The molecule has 6 heteroatoms. The van der Waals surface area contributed by atoms with Crippen molar-refractivity contribution in [3.05, 3.63) is 23.4 Å². The number of rotatable bonds is 8. The average Bonchev–Trinajstić information content (AvgIpc) is 2.46. The number of carbonyl (C=O) groups excluding carboxylic acids is 1. The van der Waals surface area contributed by atoms with Crippen LogP contribution in [0.5, 0.6) is 0 Å². The molecule has 0 fully saturated rings. The molecule has 2 N–H and O–H groups in total. The predicted molar refractivity (Wildman–Crippen MR) is 88.4 cm³/mol. The molecule has 0 saturated heterocycles. The van der Waals surface area contributed by atoms with Gasteiger partial charge in [-0.15, -0.1) is 0 Å². The van der Waals surface area contributed by atoms with Gasteiger partial charge in [-0.05, 0) is 25.0 Å². The lowest BCUT2D eigenvalue weighted by molar-refractivity contribution is 0.0956. The quantitative estimate of drug-likeness (QED) is 0.771. The summed E-state index contributed by atoms with van der Waals surface area (Å²) < 4.78 is 11.4. The van der Waals surface area contributed by atoms with Crippen LogP contribution < -0.4 is 10.6 Å². The maximum absolute atomic E-state index is 12.2. The van der Waals surface area contributed by atoms with Crippen LogP contribution in [-0.2, 0) is 10.8 Å². The van der Waals surface area contributed by atoms with Gasteiger partial charge < -0.3 is 10.6 Å². The standard InChI is InChI=1S/C15H25N3O2S/c1-5-16-14-10-12(9-13(18-14)11(3)4)15(19)17-7-8-21(20)6-2/h9-11H,5-8H2,1-4H3,(H,16,18)(H,17,19). The first-order valence-electron chi connectivity index (χ1n) is 7.36. The van der Waals surface area contributed by atoms with E-state index in [-0.39, 0.29) is 11.8 Å². The van der Waals surface area contributed by atoms with Crippen LogP contribution in [0.1, 0.15) is 49.7 Å². The van der Waals surface area contributed by atoms with E-state index in [2.05, 4.69) is 15.6 Å². The maximum atomic E-state index is 12.2. The van der Waals surface area contributed by atoms with Crippen LogP contribution in [0, 0.1) is 0 Å². The van der Waals surface area contributed by atoms with E-state index in [1.54, 1.807) is 6.07 Å². The van der Waals surface area contributed by atoms with Crippen LogP contribution in [0.4, 0.5) is 5.82 Å². The van der Waals surface area contributed by atoms with Gasteiger partial charge in [-0.25, -0.2) is 4.98 Å². The number of amides is 1. The first-order chi connectivity index (χ1) is 9.97. The lowest BCUT2D eigenvalue weighted by Crippen LogP contribution is -2.28. The summed E-state index contributed by atoms with van der Waals surface area (Å²) >= 11 is 0. The second-order valence-corrected chi connectivity index (χ2v) is 6.90. The third-order valence-electron chi connectivity index (χ3n) is 2.99. The van der Waals surface area contributed by atoms with Crippen LogP contribution in [-0.4, -0.2) is 39.7 Å². The third kappa shape index (κ3) is 5.83. The number of nitrogens with one attached hydrogen (secondary N) is 2. The second-order valence-electron chi connectivity index (χ2n) is 5.04. The summed E-state index contributed by atoms with van der Waals surface area (Å²) in [6.07, 6.45) is 0. The Hall–Kier alpha value is -1.43. The molecule has 1 atom stereocenters. The summed E-state index contributed by atoms with van der Waals surface area (Å²) in [5.41, 5.74) is 1.47. The lowest BCUT2D eigenvalue weighted by Gasteiger charge is -2.12. The molecule has 1 heterocycles. The molecule has 0 aliphatic carbocycles. The van der Waals surface area contributed by atoms with Gasteiger partial charge in [0.2, 0.25) is 0 Å². The Morgan fingerprint density at radius 1 is 1.33 bits per heavy atom. The van der Waals surface area contributed by atoms with Crippen molar-refractivity contribution < 1.29 is 9.00 Å². The summed E-state index contributed by atoms with van der Waals surface area (Å²) in [5.74, 6) is 1.93. The number of pyridine rings is 1. The number of hydrogen-bond acceptors (Lipinski definition) is 4. The van der Waals surface area contributed by atoms with E-state index in [1.165, 1.54) is 0 Å². The van der Waals surface area contributed by atoms with Crippen LogP contribution >= 0.6 is 0 Å². The fraction of sp³-hybridized carbons (Fsp3) is 0.600. The normalized spacial score (nSPS) is 12.2. The Bertz CT molecular complexity index is 504. The van der Waals surface area contributed by atoms with E-state index in [9.17, 15) is 9.00 Å². The molecule has 1 rings (SSSR count). The lowest BCUT2D eigenvalue weighted by atomic mass is 10.1. The van der Waals surface area contributed by atoms with Crippen molar-refractivity contribution in [2.75, 3.05) is 29.9 Å². The number of hydrogen-bond donors (Lipinski definition) is 2. The van der Waals surface area contributed by atoms with Crippen molar-refractivity contribution in [1.82, 2.24) is 10.3 Å². The van der Waals surface area contributed by atoms with Crippen molar-refractivity contribution in [1.29, 1.82) is 0 Å². The first-order valence-corrected chi connectivity index (χ1v) is 8.85. The topological polar surface area (TPSA) is 71.1 Å². The molecule has 5 nitrogen and oxygen atoms in total. The number of anilines is 1. The van der Waals surface area contributed by atoms with Gasteiger partial charge in [0.1, 0.15) is 5.82 Å². The summed E-state index contributed by atoms with van der Waals surface area (Å²) in [6, 6.07) is 3.57. The fourth-order valence-electron chi connectivity index (χ4n) is 1.78. The van der Waals surface area contributed by atoms with Crippen molar-refractivity contribution in [2.45, 2.75) is 33.6 Å². The Morgan fingerprint density at radius 3 is 2.62 bits per heavy atom. The predicted octanol–water partition coefficient (Wildman–Crippen LogP) is 2.14. The van der Waals surface area contributed by atoms with Gasteiger partial charge in [-0.1, -0.05) is 20.8 Å². The van der Waals surface area contributed by atoms with E-state index in [1.807, 2.05) is 33.8 Å². The summed E-state index contributed by atoms with van der Waals surface area (Å²) in [5, 5.41) is 5.95. The van der Waals surface area contributed by atoms with E-state index in [0.717, 1.165) is 12.2 Å². The molecule has 118 valence electrons. The number of nitrogens with zero attached hydrogens (tertiary/aromatic N) is 1. The molecule has 0 saturated carbocycles. The van der Waals surface area contributed by atoms with E-state index >= 15 is 0 Å². The monoisotopic (exact) mass is 311 g/mol. The van der Waals surface area contributed by atoms with Gasteiger partial charge in [0.05, 0.1) is 0 Å². The highest BCUT2D eigenvalue weighted by atomic mass is 32.2. The smallest absolute Gasteiger partial charge is 0.251 e. The molecule has 0 aromatic carbocycles. The summed E-state index contributed by atoms with van der Waals surface area (Å²) in [7, 11) is -0.858. The van der Waals surface area contributed by atoms with Crippen molar-refractivity contribution >= 4 is 22.5 Å². The zero-order valence-corrected chi connectivity index (χ0v) is 14.0. The van der Waals surface area contributed by atoms with Gasteiger partial charge in [-0.2, -0.15) is 0 Å². The number of carbonyl (C=O) groups is 1. The minimum absolute atomic E-state index is 0.147. The van der Waals surface area contributed by atoms with E-state index in [0.29, 0.717) is 29.4 Å². The molecule has 0 aliphatic heterocycles. The summed E-state index contributed by atoms with van der Waals surface area (Å²) in [6.45, 7) is 9.14. The first kappa shape index (κ1) is 17.6. The van der Waals surface area contributed by atoms with Crippen LogP contribution in [0.25, 0.3) is 0 Å². The fourth-order valence-corrected chi connectivity index (χ4v) is 2.39. The molecule has 1 amide bonds. The number of aromatic nitrogens is 1. The third-order valence-corrected chi connectivity index (χ3v) is 4.30. The molecule has 0 aliphatic rings. The SMILES string of the molecule is CCNc1cc(C(=O)NCCS(=O)CC)cc(C(C)C)n1. The molecule has 21 heavy (non-hydrogen) atoms. The molecular weight excluding hydrogens is 286 g/mol. The second kappa shape index (κ2) is 8.77. The van der Waals surface area contributed by atoms with Crippen LogP contribution in [0.15, 0.2) is 12.1 Å². The van der Waals surface area contributed by atoms with E-state index in [4.69, 9.17) is 0 Å². The molecule has 1 aromatic rings. The molecular formula is C15H25N3O2S. The van der Waals surface area contributed by atoms with Crippen LogP contribution in [0.2, 0.25) is 0 Å². The van der Waals surface area contributed by atoms with Gasteiger partial charge >= 0.3 is 0 Å². The highest BCUT2D eigenvalue weighted by Crippen LogP contribution is 2.17. The van der Waals surface area contributed by atoms with Gasteiger partial charge in [-0.3, -0.25) is 9.00 Å². The molecule has 1 unspecified atom stereocenters. The molecule has 0 radical (unpaired) electrons. The zero-order valence-electron chi connectivity index (χ0n) is 13.2. The van der Waals surface area contributed by atoms with Crippen molar-refractivity contribution in [3.63, 3.8) is 0 Å². The minimum atomic E-state index is -0.858. The minimum Gasteiger partial charge on any atom is -0.370 e. The van der Waals surface area contributed by atoms with Crippen molar-refractivity contribution in [3.8, 4) is 0 Å². The Kier molecular flexibility index (Phi) is 7.36. The Balaban J connectivity index is 2.79. The highest BCUT2D eigenvalue weighted by Gasteiger charge is 2.11. The highest BCUT2D eigenvalue weighted by molar-refractivity contribution is 7.84. The Labute approximate surface area is 129 Å². The zero-order chi connectivity index (χ0) is 15.8. The molecule has 1 aromatic heterocycles.